The first-order chi connectivity index (χ1) is 10.1. The Labute approximate surface area is 123 Å². The van der Waals surface area contributed by atoms with Gasteiger partial charge in [0.05, 0.1) is 12.7 Å². The molecule has 0 atom stereocenters. The number of aromatic carboxylic acids is 1. The quantitative estimate of drug-likeness (QED) is 0.927. The van der Waals surface area contributed by atoms with E-state index in [1.54, 1.807) is 4.68 Å². The summed E-state index contributed by atoms with van der Waals surface area (Å²) in [5, 5.41) is 16.3. The summed E-state index contributed by atoms with van der Waals surface area (Å²) in [5.41, 5.74) is 3.96. The smallest absolute Gasteiger partial charge is 0.358 e. The molecular formula is C15H18N4O2. The Hall–Kier alpha value is -2.37. The third-order valence-electron chi connectivity index (χ3n) is 3.81. The molecule has 2 aromatic rings. The fraction of sp³-hybridized carbons (Fsp3) is 0.400. The zero-order valence-corrected chi connectivity index (χ0v) is 12.0. The van der Waals surface area contributed by atoms with Gasteiger partial charge in [0.15, 0.2) is 5.69 Å². The van der Waals surface area contributed by atoms with Gasteiger partial charge < -0.3 is 10.0 Å². The summed E-state index contributed by atoms with van der Waals surface area (Å²) in [6, 6.07) is 6.56. The van der Waals surface area contributed by atoms with Crippen LogP contribution in [0.1, 0.15) is 28.0 Å². The van der Waals surface area contributed by atoms with Crippen molar-refractivity contribution in [2.45, 2.75) is 26.3 Å². The fourth-order valence-corrected chi connectivity index (χ4v) is 2.76. The largest absolute Gasteiger partial charge is 0.476 e. The van der Waals surface area contributed by atoms with Gasteiger partial charge in [-0.05, 0) is 31.4 Å². The van der Waals surface area contributed by atoms with Crippen LogP contribution in [0.15, 0.2) is 24.4 Å². The molecule has 0 radical (unpaired) electrons. The summed E-state index contributed by atoms with van der Waals surface area (Å²) in [7, 11) is 0. The zero-order valence-electron chi connectivity index (χ0n) is 12.0. The molecule has 3 rings (SSSR count). The lowest BCUT2D eigenvalue weighted by molar-refractivity contribution is 0.0690. The van der Waals surface area contributed by atoms with Gasteiger partial charge in [-0.15, -0.1) is 5.10 Å². The predicted molar refractivity (Wildman–Crippen MR) is 78.7 cm³/mol. The summed E-state index contributed by atoms with van der Waals surface area (Å²) >= 11 is 0. The van der Waals surface area contributed by atoms with Gasteiger partial charge in [-0.3, -0.25) is 0 Å². The number of carbonyl (C=O) groups is 1. The Morgan fingerprint density at radius 2 is 2.24 bits per heavy atom. The first-order valence-electron chi connectivity index (χ1n) is 7.11. The van der Waals surface area contributed by atoms with Gasteiger partial charge in [-0.1, -0.05) is 22.9 Å². The minimum Gasteiger partial charge on any atom is -0.476 e. The standard InChI is InChI=1S/C15H18N4O2/c1-11-4-5-14-12(9-11)3-2-6-18(14)7-8-19-10-13(15(20)21)16-17-19/h4-5,9-10H,2-3,6-8H2,1H3,(H,20,21). The highest BCUT2D eigenvalue weighted by molar-refractivity contribution is 5.84. The highest BCUT2D eigenvalue weighted by Gasteiger charge is 2.17. The molecule has 0 spiro atoms. The molecule has 1 aromatic carbocycles. The highest BCUT2D eigenvalue weighted by Crippen LogP contribution is 2.27. The monoisotopic (exact) mass is 286 g/mol. The molecule has 110 valence electrons. The number of aromatic nitrogens is 3. The van der Waals surface area contributed by atoms with Gasteiger partial charge in [0.1, 0.15) is 0 Å². The molecule has 0 fully saturated rings. The summed E-state index contributed by atoms with van der Waals surface area (Å²) in [5.74, 6) is -1.04. The topological polar surface area (TPSA) is 71.2 Å². The Balaban J connectivity index is 1.70. The molecule has 6 nitrogen and oxygen atoms in total. The van der Waals surface area contributed by atoms with Crippen molar-refractivity contribution < 1.29 is 9.90 Å². The molecule has 0 saturated carbocycles. The van der Waals surface area contributed by atoms with Crippen LogP contribution in [0.5, 0.6) is 0 Å². The molecular weight excluding hydrogens is 268 g/mol. The van der Waals surface area contributed by atoms with E-state index < -0.39 is 5.97 Å². The molecule has 1 aliphatic rings. The molecule has 0 unspecified atom stereocenters. The van der Waals surface area contributed by atoms with E-state index in [9.17, 15) is 4.79 Å². The minimum atomic E-state index is -1.04. The van der Waals surface area contributed by atoms with E-state index in [-0.39, 0.29) is 5.69 Å². The summed E-state index contributed by atoms with van der Waals surface area (Å²) in [6.45, 7) is 4.57. The number of carboxylic acids is 1. The van der Waals surface area contributed by atoms with E-state index in [4.69, 9.17) is 5.11 Å². The van der Waals surface area contributed by atoms with Crippen molar-refractivity contribution in [3.05, 3.63) is 41.2 Å². The van der Waals surface area contributed by atoms with Crippen LogP contribution in [0, 0.1) is 6.92 Å². The van der Waals surface area contributed by atoms with Crippen molar-refractivity contribution in [1.82, 2.24) is 15.0 Å². The Morgan fingerprint density at radius 1 is 1.38 bits per heavy atom. The molecule has 21 heavy (non-hydrogen) atoms. The second-order valence-corrected chi connectivity index (χ2v) is 5.39. The van der Waals surface area contributed by atoms with Crippen LogP contribution in [0.2, 0.25) is 0 Å². The SMILES string of the molecule is Cc1ccc2c(c1)CCCN2CCn1cc(C(=O)O)nn1. The summed E-state index contributed by atoms with van der Waals surface area (Å²) < 4.78 is 1.59. The number of hydrogen-bond acceptors (Lipinski definition) is 4. The number of rotatable bonds is 4. The minimum absolute atomic E-state index is 0.00957. The second-order valence-electron chi connectivity index (χ2n) is 5.39. The lowest BCUT2D eigenvalue weighted by atomic mass is 10.00. The van der Waals surface area contributed by atoms with Crippen LogP contribution in [0.25, 0.3) is 0 Å². The van der Waals surface area contributed by atoms with Crippen molar-refractivity contribution in [3.63, 3.8) is 0 Å². The molecule has 0 amide bonds. The number of anilines is 1. The first kappa shape index (κ1) is 13.6. The molecule has 0 aliphatic carbocycles. The van der Waals surface area contributed by atoms with Gasteiger partial charge in [0.25, 0.3) is 0 Å². The molecule has 1 aliphatic heterocycles. The highest BCUT2D eigenvalue weighted by atomic mass is 16.4. The van der Waals surface area contributed by atoms with Crippen LogP contribution in [0.3, 0.4) is 0 Å². The van der Waals surface area contributed by atoms with Crippen LogP contribution >= 0.6 is 0 Å². The predicted octanol–water partition coefficient (Wildman–Crippen LogP) is 1.74. The van der Waals surface area contributed by atoms with Crippen molar-refractivity contribution in [2.75, 3.05) is 18.0 Å². The molecule has 1 N–H and O–H groups in total. The number of benzene rings is 1. The lowest BCUT2D eigenvalue weighted by Crippen LogP contribution is -2.32. The average molecular weight is 286 g/mol. The maximum absolute atomic E-state index is 10.8. The number of carboxylic acid groups (broad SMARTS) is 1. The van der Waals surface area contributed by atoms with E-state index in [2.05, 4.69) is 40.3 Å². The second kappa shape index (κ2) is 5.55. The molecule has 0 bridgehead atoms. The maximum Gasteiger partial charge on any atom is 0.358 e. The fourth-order valence-electron chi connectivity index (χ4n) is 2.76. The Bertz CT molecular complexity index is 665. The van der Waals surface area contributed by atoms with Crippen molar-refractivity contribution >= 4 is 11.7 Å². The van der Waals surface area contributed by atoms with Crippen molar-refractivity contribution in [1.29, 1.82) is 0 Å². The summed E-state index contributed by atoms with van der Waals surface area (Å²) in [6.07, 6.45) is 3.75. The van der Waals surface area contributed by atoms with Gasteiger partial charge in [-0.25, -0.2) is 9.48 Å². The normalized spacial score (nSPS) is 14.0. The molecule has 1 aromatic heterocycles. The first-order valence-corrected chi connectivity index (χ1v) is 7.11. The van der Waals surface area contributed by atoms with E-state index in [0.717, 1.165) is 25.9 Å². The van der Waals surface area contributed by atoms with Crippen LogP contribution in [0.4, 0.5) is 5.69 Å². The number of fused-ring (bicyclic) bond motifs is 1. The zero-order chi connectivity index (χ0) is 14.8. The average Bonchev–Trinajstić information content (AvgIpc) is 2.93. The lowest BCUT2D eigenvalue weighted by Gasteiger charge is -2.31. The van der Waals surface area contributed by atoms with E-state index in [0.29, 0.717) is 6.54 Å². The summed E-state index contributed by atoms with van der Waals surface area (Å²) in [4.78, 5) is 13.1. The third-order valence-corrected chi connectivity index (χ3v) is 3.81. The Kier molecular flexibility index (Phi) is 3.60. The number of hydrogen-bond donors (Lipinski definition) is 1. The van der Waals surface area contributed by atoms with E-state index in [1.165, 1.54) is 23.0 Å². The van der Waals surface area contributed by atoms with Crippen molar-refractivity contribution in [2.24, 2.45) is 0 Å². The molecule has 6 heteroatoms. The third kappa shape index (κ3) is 2.89. The maximum atomic E-state index is 10.8. The van der Waals surface area contributed by atoms with Gasteiger partial charge in [0, 0.05) is 18.8 Å². The van der Waals surface area contributed by atoms with E-state index in [1.807, 2.05) is 0 Å². The Morgan fingerprint density at radius 3 is 3.00 bits per heavy atom. The van der Waals surface area contributed by atoms with Crippen molar-refractivity contribution in [3.8, 4) is 0 Å². The number of nitrogens with zero attached hydrogens (tertiary/aromatic N) is 4. The van der Waals surface area contributed by atoms with Gasteiger partial charge >= 0.3 is 5.97 Å². The van der Waals surface area contributed by atoms with Gasteiger partial charge in [0.2, 0.25) is 0 Å². The van der Waals surface area contributed by atoms with E-state index >= 15 is 0 Å². The van der Waals surface area contributed by atoms with Crippen LogP contribution in [-0.2, 0) is 13.0 Å². The number of aryl methyl sites for hydroxylation is 2. The molecule has 0 saturated heterocycles. The van der Waals surface area contributed by atoms with Crippen LogP contribution < -0.4 is 4.90 Å². The molecule has 2 heterocycles. The van der Waals surface area contributed by atoms with Crippen LogP contribution in [-0.4, -0.2) is 39.2 Å². The van der Waals surface area contributed by atoms with Gasteiger partial charge in [-0.2, -0.15) is 0 Å².